The lowest BCUT2D eigenvalue weighted by atomic mass is 10.1. The molecule has 0 saturated heterocycles. The Kier molecular flexibility index (Phi) is 6.93. The monoisotopic (exact) mass is 425 g/mol. The average Bonchev–Trinajstić information content (AvgIpc) is 2.74. The standard InChI is InChI=1S/C23H20ClNO5/c24-19-11-6-10-18(23(28)29)22(19)30-15-21(27)25(13-16-7-2-1-3-8-16)14-17-9-4-5-12-20(17)26/h1-12,26H,13-15H2,(H,28,29). The highest BCUT2D eigenvalue weighted by Crippen LogP contribution is 2.29. The van der Waals surface area contributed by atoms with Crippen LogP contribution in [-0.2, 0) is 17.9 Å². The maximum absolute atomic E-state index is 13.0. The summed E-state index contributed by atoms with van der Waals surface area (Å²) in [6.07, 6.45) is 0. The number of hydrogen-bond acceptors (Lipinski definition) is 4. The van der Waals surface area contributed by atoms with Gasteiger partial charge >= 0.3 is 5.97 Å². The minimum absolute atomic E-state index is 0.0535. The maximum Gasteiger partial charge on any atom is 0.339 e. The number of ether oxygens (including phenoxy) is 1. The Balaban J connectivity index is 1.80. The van der Waals surface area contributed by atoms with Crippen LogP contribution in [0, 0.1) is 0 Å². The molecular weight excluding hydrogens is 406 g/mol. The number of carboxylic acids is 1. The van der Waals surface area contributed by atoms with E-state index < -0.39 is 12.6 Å². The summed E-state index contributed by atoms with van der Waals surface area (Å²) >= 11 is 6.07. The first-order valence-electron chi connectivity index (χ1n) is 9.19. The van der Waals surface area contributed by atoms with Gasteiger partial charge in [-0.05, 0) is 23.8 Å². The number of phenols is 1. The van der Waals surface area contributed by atoms with Gasteiger partial charge in [-0.25, -0.2) is 4.79 Å². The van der Waals surface area contributed by atoms with E-state index in [4.69, 9.17) is 16.3 Å². The predicted octanol–water partition coefficient (Wildman–Crippen LogP) is 4.35. The van der Waals surface area contributed by atoms with E-state index in [0.717, 1.165) is 5.56 Å². The van der Waals surface area contributed by atoms with Crippen molar-refractivity contribution in [3.8, 4) is 11.5 Å². The molecular formula is C23H20ClNO5. The van der Waals surface area contributed by atoms with E-state index >= 15 is 0 Å². The Labute approximate surface area is 178 Å². The van der Waals surface area contributed by atoms with Crippen LogP contribution in [0.5, 0.6) is 11.5 Å². The summed E-state index contributed by atoms with van der Waals surface area (Å²) in [5.74, 6) is -1.54. The molecule has 3 aromatic carbocycles. The zero-order valence-corrected chi connectivity index (χ0v) is 16.7. The molecule has 6 nitrogen and oxygen atoms in total. The number of para-hydroxylation sites is 2. The van der Waals surface area contributed by atoms with E-state index in [0.29, 0.717) is 12.1 Å². The number of carbonyl (C=O) groups is 2. The summed E-state index contributed by atoms with van der Waals surface area (Å²) in [5.41, 5.74) is 1.38. The first-order valence-corrected chi connectivity index (χ1v) is 9.56. The lowest BCUT2D eigenvalue weighted by molar-refractivity contribution is -0.134. The average molecular weight is 426 g/mol. The number of halogens is 1. The number of phenolic OH excluding ortho intramolecular Hbond substituents is 1. The summed E-state index contributed by atoms with van der Waals surface area (Å²) in [4.78, 5) is 25.9. The lowest BCUT2D eigenvalue weighted by Gasteiger charge is -2.24. The van der Waals surface area contributed by atoms with E-state index in [1.165, 1.54) is 23.1 Å². The number of carbonyl (C=O) groups excluding carboxylic acids is 1. The van der Waals surface area contributed by atoms with E-state index in [2.05, 4.69) is 0 Å². The molecule has 0 radical (unpaired) electrons. The molecule has 0 unspecified atom stereocenters. The molecule has 0 saturated carbocycles. The van der Waals surface area contributed by atoms with Crippen LogP contribution in [0.4, 0.5) is 0 Å². The van der Waals surface area contributed by atoms with Crippen molar-refractivity contribution >= 4 is 23.5 Å². The highest BCUT2D eigenvalue weighted by Gasteiger charge is 2.20. The minimum Gasteiger partial charge on any atom is -0.508 e. The Hall–Kier alpha value is -3.51. The summed E-state index contributed by atoms with van der Waals surface area (Å²) in [5, 5.41) is 19.5. The molecule has 0 aliphatic carbocycles. The molecule has 0 aliphatic heterocycles. The minimum atomic E-state index is -1.20. The van der Waals surface area contributed by atoms with E-state index in [-0.39, 0.29) is 34.5 Å². The van der Waals surface area contributed by atoms with Crippen LogP contribution in [0.15, 0.2) is 72.8 Å². The fourth-order valence-electron chi connectivity index (χ4n) is 2.94. The third-order valence-corrected chi connectivity index (χ3v) is 4.76. The molecule has 0 heterocycles. The van der Waals surface area contributed by atoms with Gasteiger partial charge in [0, 0.05) is 18.7 Å². The Bertz CT molecular complexity index is 1040. The molecule has 0 bridgehead atoms. The van der Waals surface area contributed by atoms with Gasteiger partial charge < -0.3 is 19.8 Å². The topological polar surface area (TPSA) is 87.1 Å². The Morgan fingerprint density at radius 1 is 0.900 bits per heavy atom. The molecule has 0 aromatic heterocycles. The second kappa shape index (κ2) is 9.80. The van der Waals surface area contributed by atoms with Gasteiger partial charge in [-0.15, -0.1) is 0 Å². The summed E-state index contributed by atoms with van der Waals surface area (Å²) < 4.78 is 5.51. The molecule has 0 spiro atoms. The Morgan fingerprint density at radius 2 is 1.60 bits per heavy atom. The number of benzene rings is 3. The third kappa shape index (κ3) is 5.30. The molecule has 1 amide bonds. The number of carboxylic acid groups (broad SMARTS) is 1. The van der Waals surface area contributed by atoms with Crippen molar-refractivity contribution in [2.24, 2.45) is 0 Å². The van der Waals surface area contributed by atoms with Crippen LogP contribution < -0.4 is 4.74 Å². The van der Waals surface area contributed by atoms with Gasteiger partial charge in [-0.2, -0.15) is 0 Å². The van der Waals surface area contributed by atoms with E-state index in [1.54, 1.807) is 24.3 Å². The van der Waals surface area contributed by atoms with Crippen molar-refractivity contribution in [1.29, 1.82) is 0 Å². The molecule has 2 N–H and O–H groups in total. The van der Waals surface area contributed by atoms with Crippen molar-refractivity contribution in [3.05, 3.63) is 94.5 Å². The molecule has 0 atom stereocenters. The van der Waals surface area contributed by atoms with Crippen LogP contribution in [-0.4, -0.2) is 33.6 Å². The second-order valence-corrected chi connectivity index (χ2v) is 6.98. The zero-order chi connectivity index (χ0) is 21.5. The van der Waals surface area contributed by atoms with Crippen LogP contribution in [0.3, 0.4) is 0 Å². The molecule has 154 valence electrons. The van der Waals surface area contributed by atoms with Gasteiger partial charge in [-0.3, -0.25) is 4.79 Å². The molecule has 30 heavy (non-hydrogen) atoms. The maximum atomic E-state index is 13.0. The van der Waals surface area contributed by atoms with Crippen LogP contribution >= 0.6 is 11.6 Å². The molecule has 3 rings (SSSR count). The summed E-state index contributed by atoms with van der Waals surface area (Å²) in [6.45, 7) is 0.0637. The van der Waals surface area contributed by atoms with E-state index in [1.807, 2.05) is 30.3 Å². The fourth-order valence-corrected chi connectivity index (χ4v) is 3.16. The summed E-state index contributed by atoms with van der Waals surface area (Å²) in [7, 11) is 0. The normalized spacial score (nSPS) is 10.4. The predicted molar refractivity (Wildman–Crippen MR) is 113 cm³/mol. The van der Waals surface area contributed by atoms with E-state index in [9.17, 15) is 19.8 Å². The van der Waals surface area contributed by atoms with Gasteiger partial charge in [0.1, 0.15) is 11.3 Å². The Morgan fingerprint density at radius 3 is 2.30 bits per heavy atom. The zero-order valence-electron chi connectivity index (χ0n) is 16.0. The van der Waals surface area contributed by atoms with Crippen molar-refractivity contribution in [3.63, 3.8) is 0 Å². The third-order valence-electron chi connectivity index (χ3n) is 4.46. The van der Waals surface area contributed by atoms with Crippen molar-refractivity contribution < 1.29 is 24.5 Å². The highest BCUT2D eigenvalue weighted by atomic mass is 35.5. The van der Waals surface area contributed by atoms with Crippen LogP contribution in [0.1, 0.15) is 21.5 Å². The first kappa shape index (κ1) is 21.2. The van der Waals surface area contributed by atoms with Gasteiger partial charge in [0.25, 0.3) is 5.91 Å². The quantitative estimate of drug-likeness (QED) is 0.560. The van der Waals surface area contributed by atoms with Gasteiger partial charge in [0.15, 0.2) is 12.4 Å². The van der Waals surface area contributed by atoms with Crippen molar-refractivity contribution in [2.75, 3.05) is 6.61 Å². The first-order chi connectivity index (χ1) is 14.5. The van der Waals surface area contributed by atoms with Crippen LogP contribution in [0.2, 0.25) is 5.02 Å². The lowest BCUT2D eigenvalue weighted by Crippen LogP contribution is -2.34. The molecule has 0 fully saturated rings. The molecule has 0 aliphatic rings. The highest BCUT2D eigenvalue weighted by molar-refractivity contribution is 6.32. The number of amides is 1. The largest absolute Gasteiger partial charge is 0.508 e. The summed E-state index contributed by atoms with van der Waals surface area (Å²) in [6, 6.07) is 20.5. The number of aromatic hydroxyl groups is 1. The van der Waals surface area contributed by atoms with Gasteiger partial charge in [0.2, 0.25) is 0 Å². The number of nitrogens with zero attached hydrogens (tertiary/aromatic N) is 1. The van der Waals surface area contributed by atoms with Crippen LogP contribution in [0.25, 0.3) is 0 Å². The molecule has 3 aromatic rings. The molecule has 7 heteroatoms. The van der Waals surface area contributed by atoms with Crippen molar-refractivity contribution in [2.45, 2.75) is 13.1 Å². The van der Waals surface area contributed by atoms with Gasteiger partial charge in [-0.1, -0.05) is 66.2 Å². The number of aromatic carboxylic acids is 1. The van der Waals surface area contributed by atoms with Gasteiger partial charge in [0.05, 0.1) is 5.02 Å². The second-order valence-electron chi connectivity index (χ2n) is 6.57. The fraction of sp³-hybridized carbons (Fsp3) is 0.130. The van der Waals surface area contributed by atoms with Crippen molar-refractivity contribution in [1.82, 2.24) is 4.90 Å². The SMILES string of the molecule is O=C(O)c1cccc(Cl)c1OCC(=O)N(Cc1ccccc1)Cc1ccccc1O. The smallest absolute Gasteiger partial charge is 0.339 e. The number of rotatable bonds is 8. The number of hydrogen-bond donors (Lipinski definition) is 2.